The first-order valence-electron chi connectivity index (χ1n) is 8.07. The van der Waals surface area contributed by atoms with Crippen molar-refractivity contribution in [2.45, 2.75) is 12.8 Å². The molecule has 0 radical (unpaired) electrons. The van der Waals surface area contributed by atoms with Gasteiger partial charge in [-0.25, -0.2) is 0 Å². The van der Waals surface area contributed by atoms with E-state index in [-0.39, 0.29) is 47.6 Å². The first kappa shape index (κ1) is 18.5. The number of imide groups is 1. The van der Waals surface area contributed by atoms with E-state index < -0.39 is 10.8 Å². The highest BCUT2D eigenvalue weighted by atomic mass is 35.5. The highest BCUT2D eigenvalue weighted by molar-refractivity contribution is 6.33. The Balaban J connectivity index is 1.57. The van der Waals surface area contributed by atoms with Gasteiger partial charge < -0.3 is 5.32 Å². The van der Waals surface area contributed by atoms with Gasteiger partial charge in [0.1, 0.15) is 0 Å². The second-order valence-corrected chi connectivity index (χ2v) is 6.29. The molecule has 9 heteroatoms. The van der Waals surface area contributed by atoms with Gasteiger partial charge in [-0.1, -0.05) is 23.7 Å². The monoisotopic (exact) mass is 387 g/mol. The number of nitro benzene ring substituents is 1. The minimum atomic E-state index is -0.589. The molecule has 0 saturated heterocycles. The van der Waals surface area contributed by atoms with Crippen LogP contribution >= 0.6 is 11.6 Å². The fourth-order valence-electron chi connectivity index (χ4n) is 2.78. The van der Waals surface area contributed by atoms with Gasteiger partial charge in [-0.05, 0) is 24.6 Å². The van der Waals surface area contributed by atoms with E-state index in [1.165, 1.54) is 18.2 Å². The lowest BCUT2D eigenvalue weighted by Crippen LogP contribution is -2.31. The zero-order valence-corrected chi connectivity index (χ0v) is 14.7. The van der Waals surface area contributed by atoms with E-state index in [4.69, 9.17) is 11.6 Å². The summed E-state index contributed by atoms with van der Waals surface area (Å²) in [6.45, 7) is 0.0996. The number of carbonyl (C=O) groups excluding carboxylic acids is 3. The van der Waals surface area contributed by atoms with Gasteiger partial charge in [0.05, 0.1) is 26.8 Å². The minimum absolute atomic E-state index is 0.0203. The number of anilines is 1. The molecule has 0 bridgehead atoms. The number of hydrogen-bond acceptors (Lipinski definition) is 5. The zero-order valence-electron chi connectivity index (χ0n) is 14.0. The van der Waals surface area contributed by atoms with Crippen LogP contribution in [0.2, 0.25) is 5.02 Å². The number of nitrogens with zero attached hydrogens (tertiary/aromatic N) is 2. The Hall–Kier alpha value is -3.26. The number of benzene rings is 2. The molecule has 0 aromatic heterocycles. The second-order valence-electron chi connectivity index (χ2n) is 5.88. The van der Waals surface area contributed by atoms with E-state index in [2.05, 4.69) is 5.32 Å². The second kappa shape index (κ2) is 7.55. The van der Waals surface area contributed by atoms with Crippen molar-refractivity contribution in [1.82, 2.24) is 4.90 Å². The van der Waals surface area contributed by atoms with Crippen molar-refractivity contribution >= 4 is 40.7 Å². The van der Waals surface area contributed by atoms with Crippen LogP contribution in [0.4, 0.5) is 11.4 Å². The predicted molar refractivity (Wildman–Crippen MR) is 97.8 cm³/mol. The van der Waals surface area contributed by atoms with E-state index in [1.54, 1.807) is 24.3 Å². The Labute approximate surface area is 158 Å². The Morgan fingerprint density at radius 2 is 1.74 bits per heavy atom. The van der Waals surface area contributed by atoms with Crippen molar-refractivity contribution in [3.8, 4) is 0 Å². The summed E-state index contributed by atoms with van der Waals surface area (Å²) in [6, 6.07) is 10.3. The number of carbonyl (C=O) groups is 3. The van der Waals surface area contributed by atoms with Crippen molar-refractivity contribution in [2.24, 2.45) is 0 Å². The molecule has 1 heterocycles. The largest absolute Gasteiger partial charge is 0.325 e. The summed E-state index contributed by atoms with van der Waals surface area (Å²) in [4.78, 5) is 47.9. The maximum Gasteiger partial charge on any atom is 0.271 e. The number of rotatable bonds is 6. The number of halogens is 1. The summed E-state index contributed by atoms with van der Waals surface area (Å²) >= 11 is 5.94. The Morgan fingerprint density at radius 3 is 2.33 bits per heavy atom. The summed E-state index contributed by atoms with van der Waals surface area (Å²) in [5.74, 6) is -1.18. The maximum absolute atomic E-state index is 12.2. The number of nitrogens with one attached hydrogen (secondary N) is 1. The van der Waals surface area contributed by atoms with Gasteiger partial charge in [0.15, 0.2) is 0 Å². The number of hydrogen-bond donors (Lipinski definition) is 1. The van der Waals surface area contributed by atoms with Crippen molar-refractivity contribution in [1.29, 1.82) is 0 Å². The van der Waals surface area contributed by atoms with E-state index in [0.717, 1.165) is 4.90 Å². The number of fused-ring (bicyclic) bond motifs is 1. The van der Waals surface area contributed by atoms with Crippen molar-refractivity contribution in [2.75, 3.05) is 11.9 Å². The van der Waals surface area contributed by atoms with Gasteiger partial charge in [0.25, 0.3) is 17.5 Å². The van der Waals surface area contributed by atoms with Gasteiger partial charge in [-0.15, -0.1) is 0 Å². The summed E-state index contributed by atoms with van der Waals surface area (Å²) < 4.78 is 0. The Kier molecular flexibility index (Phi) is 5.18. The quantitative estimate of drug-likeness (QED) is 0.464. The molecule has 3 rings (SSSR count). The summed E-state index contributed by atoms with van der Waals surface area (Å²) in [5.41, 5.74) is 0.656. The van der Waals surface area contributed by atoms with Crippen LogP contribution in [-0.2, 0) is 4.79 Å². The van der Waals surface area contributed by atoms with E-state index in [0.29, 0.717) is 11.1 Å². The third-order valence-corrected chi connectivity index (χ3v) is 4.43. The van der Waals surface area contributed by atoms with Crippen molar-refractivity contribution in [3.63, 3.8) is 0 Å². The van der Waals surface area contributed by atoms with E-state index in [9.17, 15) is 24.5 Å². The number of non-ortho nitro benzene ring substituents is 1. The molecule has 1 N–H and O–H groups in total. The van der Waals surface area contributed by atoms with Gasteiger partial charge >= 0.3 is 0 Å². The molecule has 0 spiro atoms. The lowest BCUT2D eigenvalue weighted by Gasteiger charge is -2.13. The SMILES string of the molecule is O=C(CCCN1C(=O)c2ccccc2C1=O)Nc1cc([N+](=O)[O-])ccc1Cl. The predicted octanol–water partition coefficient (Wildman–Crippen LogP) is 3.26. The highest BCUT2D eigenvalue weighted by Crippen LogP contribution is 2.27. The average Bonchev–Trinajstić information content (AvgIpc) is 2.88. The highest BCUT2D eigenvalue weighted by Gasteiger charge is 2.34. The van der Waals surface area contributed by atoms with Crippen LogP contribution in [0.5, 0.6) is 0 Å². The Morgan fingerprint density at radius 1 is 1.11 bits per heavy atom. The van der Waals surface area contributed by atoms with Gasteiger partial charge in [0.2, 0.25) is 5.91 Å². The van der Waals surface area contributed by atoms with Crippen LogP contribution in [0.15, 0.2) is 42.5 Å². The molecule has 1 aliphatic heterocycles. The van der Waals surface area contributed by atoms with E-state index in [1.807, 2.05) is 0 Å². The molecule has 0 fully saturated rings. The standard InChI is InChI=1S/C18H14ClN3O5/c19-14-8-7-11(22(26)27)10-15(14)20-16(23)6-3-9-21-17(24)12-4-1-2-5-13(12)18(21)25/h1-2,4-5,7-8,10H,3,6,9H2,(H,20,23). The third kappa shape index (κ3) is 3.80. The molecule has 2 aromatic carbocycles. The third-order valence-electron chi connectivity index (χ3n) is 4.10. The molecule has 3 amide bonds. The molecule has 0 unspecified atom stereocenters. The molecular weight excluding hydrogens is 374 g/mol. The number of nitro groups is 1. The molecule has 27 heavy (non-hydrogen) atoms. The molecule has 0 atom stereocenters. The molecule has 8 nitrogen and oxygen atoms in total. The van der Waals surface area contributed by atoms with Crippen LogP contribution in [0.25, 0.3) is 0 Å². The lowest BCUT2D eigenvalue weighted by molar-refractivity contribution is -0.384. The fraction of sp³-hybridized carbons (Fsp3) is 0.167. The van der Waals surface area contributed by atoms with Gasteiger partial charge in [0, 0.05) is 25.1 Å². The van der Waals surface area contributed by atoms with Gasteiger partial charge in [-0.2, -0.15) is 0 Å². The zero-order chi connectivity index (χ0) is 19.6. The maximum atomic E-state index is 12.2. The topological polar surface area (TPSA) is 110 Å². The van der Waals surface area contributed by atoms with Crippen molar-refractivity contribution < 1.29 is 19.3 Å². The van der Waals surface area contributed by atoms with Crippen LogP contribution < -0.4 is 5.32 Å². The first-order chi connectivity index (χ1) is 12.9. The normalized spacial score (nSPS) is 12.9. The van der Waals surface area contributed by atoms with Crippen LogP contribution in [0.1, 0.15) is 33.6 Å². The van der Waals surface area contributed by atoms with Gasteiger partial charge in [-0.3, -0.25) is 29.4 Å². The summed E-state index contributed by atoms with van der Waals surface area (Å²) in [6.07, 6.45) is 0.274. The molecular formula is C18H14ClN3O5. The molecule has 138 valence electrons. The van der Waals surface area contributed by atoms with Crippen LogP contribution in [0.3, 0.4) is 0 Å². The molecule has 0 saturated carbocycles. The smallest absolute Gasteiger partial charge is 0.271 e. The first-order valence-corrected chi connectivity index (χ1v) is 8.45. The number of amides is 3. The Bertz CT molecular complexity index is 925. The molecule has 1 aliphatic rings. The van der Waals surface area contributed by atoms with Crippen molar-refractivity contribution in [3.05, 3.63) is 68.7 Å². The van der Waals surface area contributed by atoms with E-state index >= 15 is 0 Å². The lowest BCUT2D eigenvalue weighted by atomic mass is 10.1. The minimum Gasteiger partial charge on any atom is -0.325 e. The molecule has 2 aromatic rings. The average molecular weight is 388 g/mol. The van der Waals surface area contributed by atoms with Crippen LogP contribution in [0, 0.1) is 10.1 Å². The molecule has 0 aliphatic carbocycles. The summed E-state index contributed by atoms with van der Waals surface area (Å²) in [7, 11) is 0. The summed E-state index contributed by atoms with van der Waals surface area (Å²) in [5, 5.41) is 13.5. The fourth-order valence-corrected chi connectivity index (χ4v) is 2.94. The van der Waals surface area contributed by atoms with Crippen LogP contribution in [-0.4, -0.2) is 34.1 Å².